The minimum absolute atomic E-state index is 0.182. The van der Waals surface area contributed by atoms with Crippen molar-refractivity contribution in [1.82, 2.24) is 25.8 Å². The zero-order valence-electron chi connectivity index (χ0n) is 17.9. The zero-order valence-corrected chi connectivity index (χ0v) is 17.9. The molecule has 1 amide bonds. The normalized spacial score (nSPS) is 10.5. The van der Waals surface area contributed by atoms with Gasteiger partial charge in [-0.3, -0.25) is 15.2 Å². The number of nitrogens with zero attached hydrogens (tertiary/aromatic N) is 3. The Morgan fingerprint density at radius 2 is 1.77 bits per heavy atom. The van der Waals surface area contributed by atoms with Crippen molar-refractivity contribution in [2.45, 2.75) is 20.4 Å². The summed E-state index contributed by atoms with van der Waals surface area (Å²) in [5.74, 6) is 1.48. The van der Waals surface area contributed by atoms with Gasteiger partial charge in [0.15, 0.2) is 0 Å². The molecule has 2 heterocycles. The molecule has 31 heavy (non-hydrogen) atoms. The highest BCUT2D eigenvalue weighted by Crippen LogP contribution is 2.23. The molecular formula is C22H25N5O4. The highest BCUT2D eigenvalue weighted by molar-refractivity contribution is 5.92. The van der Waals surface area contributed by atoms with Gasteiger partial charge in [0.2, 0.25) is 5.88 Å². The molecule has 3 aromatic rings. The van der Waals surface area contributed by atoms with Crippen LogP contribution in [0.25, 0.3) is 11.3 Å². The Bertz CT molecular complexity index is 1040. The molecule has 2 aromatic heterocycles. The first-order chi connectivity index (χ1) is 15.0. The molecule has 9 heteroatoms. The number of nitrogens with one attached hydrogen (secondary N) is 2. The van der Waals surface area contributed by atoms with Gasteiger partial charge in [-0.15, -0.1) is 0 Å². The lowest BCUT2D eigenvalue weighted by Crippen LogP contribution is -2.37. The lowest BCUT2D eigenvalue weighted by atomic mass is 10.1. The van der Waals surface area contributed by atoms with Crippen molar-refractivity contribution in [3.05, 3.63) is 59.7 Å². The van der Waals surface area contributed by atoms with E-state index >= 15 is 0 Å². The van der Waals surface area contributed by atoms with Crippen molar-refractivity contribution < 1.29 is 19.0 Å². The van der Waals surface area contributed by atoms with Crippen LogP contribution in [0.3, 0.4) is 0 Å². The summed E-state index contributed by atoms with van der Waals surface area (Å²) in [5, 5.41) is 0. The van der Waals surface area contributed by atoms with Gasteiger partial charge in [0.1, 0.15) is 17.2 Å². The molecule has 0 radical (unpaired) electrons. The van der Waals surface area contributed by atoms with E-state index in [-0.39, 0.29) is 5.69 Å². The SMILES string of the molecule is CCOc1ccc(-c2cncc(C(=O)NNCc3cc(OC)cc(OC)c3)n2)c(C)n1. The molecule has 2 N–H and O–H groups in total. The molecule has 0 bridgehead atoms. The second-order valence-electron chi connectivity index (χ2n) is 6.53. The molecular weight excluding hydrogens is 398 g/mol. The Labute approximate surface area is 180 Å². The fraction of sp³-hybridized carbons (Fsp3) is 0.273. The van der Waals surface area contributed by atoms with Crippen LogP contribution in [0.15, 0.2) is 42.7 Å². The predicted octanol–water partition coefficient (Wildman–Crippen LogP) is 2.70. The molecule has 0 spiro atoms. The van der Waals surface area contributed by atoms with Gasteiger partial charge in [0, 0.05) is 24.2 Å². The van der Waals surface area contributed by atoms with E-state index in [1.54, 1.807) is 32.5 Å². The van der Waals surface area contributed by atoms with E-state index in [9.17, 15) is 4.79 Å². The molecule has 0 aliphatic carbocycles. The van der Waals surface area contributed by atoms with E-state index in [0.717, 1.165) is 16.8 Å². The van der Waals surface area contributed by atoms with Gasteiger partial charge in [-0.05, 0) is 37.6 Å². The van der Waals surface area contributed by atoms with E-state index in [1.807, 2.05) is 32.0 Å². The monoisotopic (exact) mass is 423 g/mol. The summed E-state index contributed by atoms with van der Waals surface area (Å²) in [5.41, 5.74) is 8.66. The summed E-state index contributed by atoms with van der Waals surface area (Å²) >= 11 is 0. The summed E-state index contributed by atoms with van der Waals surface area (Å²) in [6, 6.07) is 9.10. The summed E-state index contributed by atoms with van der Waals surface area (Å²) < 4.78 is 15.9. The zero-order chi connectivity index (χ0) is 22.2. The quantitative estimate of drug-likeness (QED) is 0.506. The van der Waals surface area contributed by atoms with Crippen LogP contribution < -0.4 is 25.1 Å². The topological polar surface area (TPSA) is 107 Å². The van der Waals surface area contributed by atoms with Crippen LogP contribution in [0.2, 0.25) is 0 Å². The molecule has 1 aromatic carbocycles. The second kappa shape index (κ2) is 10.4. The molecule has 0 saturated heterocycles. The number of methoxy groups -OCH3 is 2. The predicted molar refractivity (Wildman–Crippen MR) is 115 cm³/mol. The van der Waals surface area contributed by atoms with E-state index in [2.05, 4.69) is 25.8 Å². The van der Waals surface area contributed by atoms with Crippen LogP contribution in [0.1, 0.15) is 28.7 Å². The first kappa shape index (κ1) is 22.0. The van der Waals surface area contributed by atoms with E-state index in [1.165, 1.54) is 6.20 Å². The number of carbonyl (C=O) groups excluding carboxylic acids is 1. The number of carbonyl (C=O) groups is 1. The summed E-state index contributed by atoms with van der Waals surface area (Å²) in [4.78, 5) is 25.5. The average Bonchev–Trinajstić information content (AvgIpc) is 2.79. The van der Waals surface area contributed by atoms with Gasteiger partial charge in [-0.25, -0.2) is 15.4 Å². The van der Waals surface area contributed by atoms with Crippen LogP contribution in [0, 0.1) is 6.92 Å². The molecule has 0 fully saturated rings. The first-order valence-corrected chi connectivity index (χ1v) is 9.72. The van der Waals surface area contributed by atoms with Crippen molar-refractivity contribution in [2.24, 2.45) is 0 Å². The van der Waals surface area contributed by atoms with Gasteiger partial charge < -0.3 is 14.2 Å². The maximum Gasteiger partial charge on any atom is 0.285 e. The van der Waals surface area contributed by atoms with Gasteiger partial charge in [0.05, 0.1) is 44.6 Å². The van der Waals surface area contributed by atoms with Gasteiger partial charge >= 0.3 is 0 Å². The number of aryl methyl sites for hydroxylation is 1. The van der Waals surface area contributed by atoms with Crippen LogP contribution >= 0.6 is 0 Å². The fourth-order valence-corrected chi connectivity index (χ4v) is 2.90. The van der Waals surface area contributed by atoms with Crippen molar-refractivity contribution in [1.29, 1.82) is 0 Å². The molecule has 162 valence electrons. The highest BCUT2D eigenvalue weighted by atomic mass is 16.5. The van der Waals surface area contributed by atoms with Crippen molar-refractivity contribution in [2.75, 3.05) is 20.8 Å². The highest BCUT2D eigenvalue weighted by Gasteiger charge is 2.12. The van der Waals surface area contributed by atoms with Crippen molar-refractivity contribution in [3.8, 4) is 28.6 Å². The number of hydrogen-bond donors (Lipinski definition) is 2. The molecule has 9 nitrogen and oxygen atoms in total. The maximum atomic E-state index is 12.5. The van der Waals surface area contributed by atoms with Gasteiger partial charge in [0.25, 0.3) is 5.91 Å². The van der Waals surface area contributed by atoms with Crippen LogP contribution in [-0.2, 0) is 6.54 Å². The Morgan fingerprint density at radius 1 is 1.03 bits per heavy atom. The largest absolute Gasteiger partial charge is 0.497 e. The molecule has 0 aliphatic rings. The standard InChI is InChI=1S/C22H25N5O4/c1-5-31-21-7-6-18(14(2)25-21)19-12-23-13-20(26-19)22(28)27-24-11-15-8-16(29-3)10-17(9-15)30-4/h6-10,12-13,24H,5,11H2,1-4H3,(H,27,28). The Morgan fingerprint density at radius 3 is 2.42 bits per heavy atom. The molecule has 0 unspecified atom stereocenters. The Balaban J connectivity index is 1.67. The van der Waals surface area contributed by atoms with Crippen molar-refractivity contribution in [3.63, 3.8) is 0 Å². The minimum Gasteiger partial charge on any atom is -0.497 e. The maximum absolute atomic E-state index is 12.5. The lowest BCUT2D eigenvalue weighted by molar-refractivity contribution is 0.0927. The Kier molecular flexibility index (Phi) is 7.34. The summed E-state index contributed by atoms with van der Waals surface area (Å²) in [7, 11) is 3.17. The number of ether oxygens (including phenoxy) is 3. The summed E-state index contributed by atoms with van der Waals surface area (Å²) in [6.45, 7) is 4.67. The lowest BCUT2D eigenvalue weighted by Gasteiger charge is -2.11. The fourth-order valence-electron chi connectivity index (χ4n) is 2.90. The molecule has 3 rings (SSSR count). The van der Waals surface area contributed by atoms with Crippen LogP contribution in [-0.4, -0.2) is 41.7 Å². The third kappa shape index (κ3) is 5.67. The number of rotatable bonds is 9. The van der Waals surface area contributed by atoms with E-state index < -0.39 is 5.91 Å². The van der Waals surface area contributed by atoms with Gasteiger partial charge in [-0.2, -0.15) is 0 Å². The Hall–Kier alpha value is -3.72. The molecule has 0 saturated carbocycles. The minimum atomic E-state index is -0.402. The average molecular weight is 423 g/mol. The third-order valence-electron chi connectivity index (χ3n) is 4.40. The third-order valence-corrected chi connectivity index (χ3v) is 4.40. The van der Waals surface area contributed by atoms with Crippen molar-refractivity contribution >= 4 is 5.91 Å². The number of hydrogen-bond acceptors (Lipinski definition) is 8. The van der Waals surface area contributed by atoms with Crippen LogP contribution in [0.4, 0.5) is 0 Å². The second-order valence-corrected chi connectivity index (χ2v) is 6.53. The van der Waals surface area contributed by atoms with E-state index in [0.29, 0.717) is 36.2 Å². The first-order valence-electron chi connectivity index (χ1n) is 9.72. The van der Waals surface area contributed by atoms with Gasteiger partial charge in [-0.1, -0.05) is 0 Å². The smallest absolute Gasteiger partial charge is 0.285 e. The molecule has 0 atom stereocenters. The number of amides is 1. The number of benzene rings is 1. The number of aromatic nitrogens is 3. The van der Waals surface area contributed by atoms with E-state index in [4.69, 9.17) is 14.2 Å². The van der Waals surface area contributed by atoms with Crippen LogP contribution in [0.5, 0.6) is 17.4 Å². The summed E-state index contributed by atoms with van der Waals surface area (Å²) in [6.07, 6.45) is 3.00. The number of pyridine rings is 1. The molecule has 0 aliphatic heterocycles. The number of hydrazine groups is 1.